The summed E-state index contributed by atoms with van der Waals surface area (Å²) in [6, 6.07) is 13.1. The number of carbonyl (C=O) groups excluding carboxylic acids is 2. The van der Waals surface area contributed by atoms with Crippen molar-refractivity contribution in [3.63, 3.8) is 0 Å². The number of halogens is 2. The third kappa shape index (κ3) is 7.44. The predicted octanol–water partition coefficient (Wildman–Crippen LogP) is 4.57. The van der Waals surface area contributed by atoms with Crippen LogP contribution in [0, 0.1) is 5.82 Å². The number of rotatable bonds is 9. The van der Waals surface area contributed by atoms with Crippen molar-refractivity contribution in [2.24, 2.45) is 0 Å². The van der Waals surface area contributed by atoms with E-state index in [-0.39, 0.29) is 29.8 Å². The molecule has 0 aliphatic carbocycles. The van der Waals surface area contributed by atoms with Gasteiger partial charge in [-0.3, -0.25) is 9.59 Å². The predicted molar refractivity (Wildman–Crippen MR) is 120 cm³/mol. The van der Waals surface area contributed by atoms with Crippen molar-refractivity contribution >= 4 is 52.2 Å². The first-order chi connectivity index (χ1) is 14.5. The van der Waals surface area contributed by atoms with Gasteiger partial charge >= 0.3 is 0 Å². The van der Waals surface area contributed by atoms with Gasteiger partial charge in [-0.15, -0.1) is 11.3 Å². The third-order valence-corrected chi connectivity index (χ3v) is 6.30. The topological polar surface area (TPSA) is 71.1 Å². The smallest absolute Gasteiger partial charge is 0.234 e. The number of benzene rings is 2. The van der Waals surface area contributed by atoms with Gasteiger partial charge in [0.05, 0.1) is 17.9 Å². The van der Waals surface area contributed by atoms with Crippen molar-refractivity contribution in [1.29, 1.82) is 0 Å². The molecule has 0 atom stereocenters. The Morgan fingerprint density at radius 3 is 2.53 bits per heavy atom. The number of thiazole rings is 1. The second kappa shape index (κ2) is 11.1. The van der Waals surface area contributed by atoms with Crippen molar-refractivity contribution in [3.8, 4) is 0 Å². The molecule has 0 saturated carbocycles. The lowest BCUT2D eigenvalue weighted by molar-refractivity contribution is -0.120. The van der Waals surface area contributed by atoms with E-state index in [2.05, 4.69) is 15.6 Å². The van der Waals surface area contributed by atoms with Gasteiger partial charge in [-0.1, -0.05) is 35.5 Å². The van der Waals surface area contributed by atoms with Gasteiger partial charge in [-0.2, -0.15) is 0 Å². The molecule has 2 N–H and O–H groups in total. The molecule has 0 bridgehead atoms. The van der Waals surface area contributed by atoms with Crippen molar-refractivity contribution in [2.75, 3.05) is 17.6 Å². The van der Waals surface area contributed by atoms with Crippen molar-refractivity contribution < 1.29 is 14.0 Å². The van der Waals surface area contributed by atoms with Gasteiger partial charge in [0.25, 0.3) is 0 Å². The molecule has 0 saturated heterocycles. The first-order valence-electron chi connectivity index (χ1n) is 9.12. The highest BCUT2D eigenvalue weighted by molar-refractivity contribution is 8.01. The third-order valence-electron chi connectivity index (χ3n) is 3.98. The van der Waals surface area contributed by atoms with Crippen LogP contribution in [0.5, 0.6) is 0 Å². The average molecular weight is 464 g/mol. The van der Waals surface area contributed by atoms with Crippen LogP contribution in [0.15, 0.2) is 58.3 Å². The van der Waals surface area contributed by atoms with Gasteiger partial charge in [0, 0.05) is 22.6 Å². The molecule has 0 radical (unpaired) electrons. The summed E-state index contributed by atoms with van der Waals surface area (Å²) in [5, 5.41) is 8.08. The van der Waals surface area contributed by atoms with E-state index < -0.39 is 0 Å². The number of aromatic nitrogens is 1. The monoisotopic (exact) mass is 463 g/mol. The van der Waals surface area contributed by atoms with Crippen LogP contribution < -0.4 is 10.6 Å². The zero-order chi connectivity index (χ0) is 21.3. The van der Waals surface area contributed by atoms with Gasteiger partial charge in [-0.05, 0) is 48.4 Å². The van der Waals surface area contributed by atoms with Gasteiger partial charge in [0.2, 0.25) is 11.8 Å². The van der Waals surface area contributed by atoms with Gasteiger partial charge < -0.3 is 10.6 Å². The Morgan fingerprint density at radius 2 is 1.80 bits per heavy atom. The molecular formula is C21H19ClFN3O2S2. The standard InChI is InChI=1S/C21H19ClFN3O2S2/c22-15-3-1-14(2-4-15)9-10-24-19(27)11-18-12-29-21(26-18)30-13-20(28)25-17-7-5-16(23)6-8-17/h1-8,12H,9-11,13H2,(H,24,27)(H,25,28). The lowest BCUT2D eigenvalue weighted by Crippen LogP contribution is -2.27. The maximum Gasteiger partial charge on any atom is 0.234 e. The van der Waals surface area contributed by atoms with Crippen LogP contribution in [0.1, 0.15) is 11.3 Å². The van der Waals surface area contributed by atoms with Crippen LogP contribution in [-0.4, -0.2) is 29.1 Å². The summed E-state index contributed by atoms with van der Waals surface area (Å²) in [6.45, 7) is 0.537. The Labute approximate surface area is 187 Å². The van der Waals surface area contributed by atoms with Crippen molar-refractivity contribution in [3.05, 3.63) is 76.0 Å². The Hall–Kier alpha value is -2.42. The van der Waals surface area contributed by atoms with E-state index >= 15 is 0 Å². The maximum absolute atomic E-state index is 12.9. The number of nitrogens with zero attached hydrogens (tertiary/aromatic N) is 1. The van der Waals surface area contributed by atoms with E-state index in [9.17, 15) is 14.0 Å². The molecule has 1 heterocycles. The number of carbonyl (C=O) groups is 2. The number of nitrogens with one attached hydrogen (secondary N) is 2. The first-order valence-corrected chi connectivity index (χ1v) is 11.4. The highest BCUT2D eigenvalue weighted by Crippen LogP contribution is 2.23. The van der Waals surface area contributed by atoms with Gasteiger partial charge in [0.15, 0.2) is 4.34 Å². The number of thioether (sulfide) groups is 1. The largest absolute Gasteiger partial charge is 0.355 e. The normalized spacial score (nSPS) is 10.6. The molecule has 3 aromatic rings. The Morgan fingerprint density at radius 1 is 1.07 bits per heavy atom. The van der Waals surface area contributed by atoms with E-state index in [0.717, 1.165) is 12.0 Å². The molecule has 156 valence electrons. The molecule has 0 fully saturated rings. The van der Waals surface area contributed by atoms with E-state index in [1.807, 2.05) is 29.6 Å². The number of anilines is 1. The van der Waals surface area contributed by atoms with Crippen LogP contribution >= 0.6 is 34.7 Å². The fourth-order valence-electron chi connectivity index (χ4n) is 2.52. The molecule has 0 unspecified atom stereocenters. The molecule has 3 rings (SSSR count). The molecule has 5 nitrogen and oxygen atoms in total. The molecule has 2 amide bonds. The summed E-state index contributed by atoms with van der Waals surface area (Å²) in [5.41, 5.74) is 2.31. The minimum absolute atomic E-state index is 0.0973. The van der Waals surface area contributed by atoms with Crippen LogP contribution in [0.25, 0.3) is 0 Å². The summed E-state index contributed by atoms with van der Waals surface area (Å²) in [6.07, 6.45) is 0.920. The van der Waals surface area contributed by atoms with Gasteiger partial charge in [0.1, 0.15) is 5.82 Å². The zero-order valence-corrected chi connectivity index (χ0v) is 18.2. The SMILES string of the molecule is O=C(Cc1csc(SCC(=O)Nc2ccc(F)cc2)n1)NCCc1ccc(Cl)cc1. The molecule has 0 aliphatic heterocycles. The first kappa shape index (κ1) is 22.3. The van der Waals surface area contributed by atoms with Gasteiger partial charge in [-0.25, -0.2) is 9.37 Å². The van der Waals surface area contributed by atoms with E-state index in [4.69, 9.17) is 11.6 Å². The molecule has 0 aliphatic rings. The average Bonchev–Trinajstić information content (AvgIpc) is 3.17. The number of hydrogen-bond donors (Lipinski definition) is 2. The molecular weight excluding hydrogens is 445 g/mol. The highest BCUT2D eigenvalue weighted by atomic mass is 35.5. The molecule has 0 spiro atoms. The molecule has 1 aromatic heterocycles. The summed E-state index contributed by atoms with van der Waals surface area (Å²) in [7, 11) is 0. The fourth-order valence-corrected chi connectivity index (χ4v) is 4.29. The minimum Gasteiger partial charge on any atom is -0.355 e. The number of amides is 2. The van der Waals surface area contributed by atoms with Crippen LogP contribution in [0.2, 0.25) is 5.02 Å². The number of hydrogen-bond acceptors (Lipinski definition) is 5. The van der Waals surface area contributed by atoms with Crippen LogP contribution in [-0.2, 0) is 22.4 Å². The van der Waals surface area contributed by atoms with Crippen LogP contribution in [0.3, 0.4) is 0 Å². The molecule has 2 aromatic carbocycles. The Kier molecular flexibility index (Phi) is 8.24. The molecule has 9 heteroatoms. The Bertz CT molecular complexity index is 994. The summed E-state index contributed by atoms with van der Waals surface area (Å²) >= 11 is 8.55. The zero-order valence-electron chi connectivity index (χ0n) is 15.9. The van der Waals surface area contributed by atoms with E-state index in [1.165, 1.54) is 47.4 Å². The lowest BCUT2D eigenvalue weighted by Gasteiger charge is -2.05. The van der Waals surface area contributed by atoms with Crippen molar-refractivity contribution in [2.45, 2.75) is 17.2 Å². The van der Waals surface area contributed by atoms with Crippen LogP contribution in [0.4, 0.5) is 10.1 Å². The molecule has 30 heavy (non-hydrogen) atoms. The second-order valence-electron chi connectivity index (χ2n) is 6.35. The summed E-state index contributed by atoms with van der Waals surface area (Å²) < 4.78 is 13.6. The van der Waals surface area contributed by atoms with E-state index in [1.54, 1.807) is 0 Å². The van der Waals surface area contributed by atoms with Crippen molar-refractivity contribution in [1.82, 2.24) is 10.3 Å². The minimum atomic E-state index is -0.355. The second-order valence-corrected chi connectivity index (χ2v) is 8.87. The Balaban J connectivity index is 1.37. The quantitative estimate of drug-likeness (QED) is 0.456. The maximum atomic E-state index is 12.9. The summed E-state index contributed by atoms with van der Waals surface area (Å²) in [5.74, 6) is -0.479. The van der Waals surface area contributed by atoms with E-state index in [0.29, 0.717) is 27.3 Å². The summed E-state index contributed by atoms with van der Waals surface area (Å²) in [4.78, 5) is 28.5. The lowest BCUT2D eigenvalue weighted by atomic mass is 10.1. The highest BCUT2D eigenvalue weighted by Gasteiger charge is 2.10. The fraction of sp³-hybridized carbons (Fsp3) is 0.190.